The van der Waals surface area contributed by atoms with Crippen molar-refractivity contribution < 1.29 is 0 Å². The molecule has 74 valence electrons. The first kappa shape index (κ1) is 10.2. The van der Waals surface area contributed by atoms with E-state index in [1.54, 1.807) is 6.20 Å². The average molecular weight is 182 g/mol. The number of hydrogen-bond donors (Lipinski definition) is 1. The van der Waals surface area contributed by atoms with Gasteiger partial charge < -0.3 is 5.32 Å². The van der Waals surface area contributed by atoms with Gasteiger partial charge in [-0.2, -0.15) is 0 Å². The maximum atomic E-state index is 3.89. The highest BCUT2D eigenvalue weighted by Crippen LogP contribution is 1.89. The van der Waals surface area contributed by atoms with Gasteiger partial charge in [0, 0.05) is 12.7 Å². The van der Waals surface area contributed by atoms with Gasteiger partial charge in [-0.25, -0.2) is 0 Å². The van der Waals surface area contributed by atoms with Crippen LogP contribution in [0.2, 0.25) is 0 Å². The van der Waals surface area contributed by atoms with Crippen LogP contribution in [-0.4, -0.2) is 28.1 Å². The zero-order chi connectivity index (χ0) is 9.52. The number of hydrogen-bond acceptors (Lipinski definition) is 3. The van der Waals surface area contributed by atoms with Crippen LogP contribution in [0, 0.1) is 5.92 Å². The fraction of sp³-hybridized carbons (Fsp3) is 0.778. The molecule has 0 aliphatic heterocycles. The van der Waals surface area contributed by atoms with Crippen molar-refractivity contribution in [1.82, 2.24) is 20.3 Å². The molecule has 0 unspecified atom stereocenters. The molecule has 1 heterocycles. The van der Waals surface area contributed by atoms with Gasteiger partial charge in [0.1, 0.15) is 0 Å². The summed E-state index contributed by atoms with van der Waals surface area (Å²) in [5.74, 6) is 0.728. The lowest BCUT2D eigenvalue weighted by Gasteiger charge is -2.06. The maximum Gasteiger partial charge on any atom is 0.0692 e. The average Bonchev–Trinajstić information content (AvgIpc) is 2.55. The summed E-state index contributed by atoms with van der Waals surface area (Å²) in [6.45, 7) is 7.52. The third-order valence-corrected chi connectivity index (χ3v) is 1.77. The lowest BCUT2D eigenvalue weighted by atomic mass is 10.2. The number of rotatable bonds is 6. The van der Waals surface area contributed by atoms with Crippen LogP contribution in [0.15, 0.2) is 12.4 Å². The number of nitrogens with one attached hydrogen (secondary N) is 1. The first-order chi connectivity index (χ1) is 6.29. The molecular weight excluding hydrogens is 164 g/mol. The van der Waals surface area contributed by atoms with Gasteiger partial charge in [-0.3, -0.25) is 4.68 Å². The zero-order valence-corrected chi connectivity index (χ0v) is 8.40. The molecule has 4 heteroatoms. The van der Waals surface area contributed by atoms with E-state index in [-0.39, 0.29) is 0 Å². The lowest BCUT2D eigenvalue weighted by molar-refractivity contribution is 0.500. The van der Waals surface area contributed by atoms with Gasteiger partial charge in [-0.1, -0.05) is 19.1 Å². The third-order valence-electron chi connectivity index (χ3n) is 1.77. The number of aromatic nitrogens is 3. The van der Waals surface area contributed by atoms with Crippen LogP contribution >= 0.6 is 0 Å². The van der Waals surface area contributed by atoms with Crippen LogP contribution in [0.4, 0.5) is 0 Å². The minimum absolute atomic E-state index is 0.728. The quantitative estimate of drug-likeness (QED) is 0.665. The lowest BCUT2D eigenvalue weighted by Crippen LogP contribution is -2.21. The van der Waals surface area contributed by atoms with Crippen molar-refractivity contribution in [2.75, 3.05) is 13.1 Å². The van der Waals surface area contributed by atoms with Gasteiger partial charge in [-0.15, -0.1) is 5.10 Å². The Balaban J connectivity index is 1.96. The Bertz CT molecular complexity index is 205. The Labute approximate surface area is 79.3 Å². The minimum Gasteiger partial charge on any atom is -0.316 e. The van der Waals surface area contributed by atoms with E-state index < -0.39 is 0 Å². The SMILES string of the molecule is CC(C)CNCCCn1ccnn1. The molecule has 0 amide bonds. The second-order valence-corrected chi connectivity index (χ2v) is 3.62. The van der Waals surface area contributed by atoms with E-state index >= 15 is 0 Å². The van der Waals surface area contributed by atoms with Crippen molar-refractivity contribution in [1.29, 1.82) is 0 Å². The predicted octanol–water partition coefficient (Wildman–Crippen LogP) is 0.914. The highest BCUT2D eigenvalue weighted by Gasteiger charge is 1.93. The van der Waals surface area contributed by atoms with Crippen LogP contribution in [-0.2, 0) is 6.54 Å². The topological polar surface area (TPSA) is 42.7 Å². The molecule has 0 saturated heterocycles. The smallest absolute Gasteiger partial charge is 0.0692 e. The van der Waals surface area contributed by atoms with Crippen molar-refractivity contribution in [3.05, 3.63) is 12.4 Å². The molecule has 4 nitrogen and oxygen atoms in total. The van der Waals surface area contributed by atoms with E-state index in [4.69, 9.17) is 0 Å². The molecule has 13 heavy (non-hydrogen) atoms. The van der Waals surface area contributed by atoms with E-state index in [1.165, 1.54) is 0 Å². The molecule has 0 atom stereocenters. The van der Waals surface area contributed by atoms with Crippen LogP contribution in [0.5, 0.6) is 0 Å². The summed E-state index contributed by atoms with van der Waals surface area (Å²) in [7, 11) is 0. The standard InChI is InChI=1S/C9H18N4/c1-9(2)8-10-4-3-6-13-7-5-11-12-13/h5,7,9-10H,3-4,6,8H2,1-2H3. The molecule has 0 fully saturated rings. The number of aryl methyl sites for hydroxylation is 1. The summed E-state index contributed by atoms with van der Waals surface area (Å²) in [5.41, 5.74) is 0. The van der Waals surface area contributed by atoms with Crippen molar-refractivity contribution in [3.8, 4) is 0 Å². The fourth-order valence-corrected chi connectivity index (χ4v) is 1.11. The fourth-order valence-electron chi connectivity index (χ4n) is 1.11. The molecule has 0 radical (unpaired) electrons. The zero-order valence-electron chi connectivity index (χ0n) is 8.40. The first-order valence-electron chi connectivity index (χ1n) is 4.84. The first-order valence-corrected chi connectivity index (χ1v) is 4.84. The van der Waals surface area contributed by atoms with E-state index in [9.17, 15) is 0 Å². The van der Waals surface area contributed by atoms with Gasteiger partial charge in [0.05, 0.1) is 6.20 Å². The maximum absolute atomic E-state index is 3.89. The largest absolute Gasteiger partial charge is 0.316 e. The van der Waals surface area contributed by atoms with Gasteiger partial charge in [0.2, 0.25) is 0 Å². The highest BCUT2D eigenvalue weighted by molar-refractivity contribution is 4.64. The summed E-state index contributed by atoms with van der Waals surface area (Å²) in [6, 6.07) is 0. The summed E-state index contributed by atoms with van der Waals surface area (Å²) in [5, 5.41) is 11.0. The summed E-state index contributed by atoms with van der Waals surface area (Å²) in [4.78, 5) is 0. The van der Waals surface area contributed by atoms with Crippen LogP contribution < -0.4 is 5.32 Å². The number of nitrogens with zero attached hydrogens (tertiary/aromatic N) is 3. The molecule has 0 aromatic carbocycles. The van der Waals surface area contributed by atoms with Crippen molar-refractivity contribution >= 4 is 0 Å². The van der Waals surface area contributed by atoms with Crippen molar-refractivity contribution in [3.63, 3.8) is 0 Å². The molecule has 0 aliphatic carbocycles. The van der Waals surface area contributed by atoms with E-state index in [2.05, 4.69) is 29.5 Å². The Morgan fingerprint density at radius 3 is 2.92 bits per heavy atom. The highest BCUT2D eigenvalue weighted by atomic mass is 15.4. The van der Waals surface area contributed by atoms with Gasteiger partial charge in [0.15, 0.2) is 0 Å². The van der Waals surface area contributed by atoms with Gasteiger partial charge in [0.25, 0.3) is 0 Å². The molecular formula is C9H18N4. The van der Waals surface area contributed by atoms with E-state index in [1.807, 2.05) is 10.9 Å². The van der Waals surface area contributed by atoms with Crippen molar-refractivity contribution in [2.45, 2.75) is 26.8 Å². The van der Waals surface area contributed by atoms with Crippen LogP contribution in [0.25, 0.3) is 0 Å². The predicted molar refractivity (Wildman–Crippen MR) is 52.3 cm³/mol. The molecule has 0 spiro atoms. The Kier molecular flexibility index (Phi) is 4.46. The second-order valence-electron chi connectivity index (χ2n) is 3.62. The third kappa shape index (κ3) is 4.62. The Hall–Kier alpha value is -0.900. The van der Waals surface area contributed by atoms with Gasteiger partial charge >= 0.3 is 0 Å². The monoisotopic (exact) mass is 182 g/mol. The second kappa shape index (κ2) is 5.70. The molecule has 0 bridgehead atoms. The molecule has 0 saturated carbocycles. The Morgan fingerprint density at radius 2 is 2.31 bits per heavy atom. The van der Waals surface area contributed by atoms with Crippen LogP contribution in [0.3, 0.4) is 0 Å². The van der Waals surface area contributed by atoms with Crippen molar-refractivity contribution in [2.24, 2.45) is 5.92 Å². The molecule has 1 rings (SSSR count). The molecule has 1 aromatic rings. The van der Waals surface area contributed by atoms with E-state index in [0.29, 0.717) is 0 Å². The summed E-state index contributed by atoms with van der Waals surface area (Å²) in [6.07, 6.45) is 4.71. The molecule has 1 aromatic heterocycles. The Morgan fingerprint density at radius 1 is 1.46 bits per heavy atom. The van der Waals surface area contributed by atoms with E-state index in [0.717, 1.165) is 32.0 Å². The summed E-state index contributed by atoms with van der Waals surface area (Å²) < 4.78 is 1.86. The molecule has 0 aliphatic rings. The summed E-state index contributed by atoms with van der Waals surface area (Å²) >= 11 is 0. The van der Waals surface area contributed by atoms with Crippen LogP contribution in [0.1, 0.15) is 20.3 Å². The molecule has 1 N–H and O–H groups in total. The normalized spacial score (nSPS) is 11.0. The minimum atomic E-state index is 0.728. The van der Waals surface area contributed by atoms with Gasteiger partial charge in [-0.05, 0) is 25.4 Å².